The number of para-hydroxylation sites is 1. The molecule has 3 atom stereocenters. The molecule has 1 N–H and O–H groups in total. The van der Waals surface area contributed by atoms with Crippen LogP contribution in [0.1, 0.15) is 37.7 Å². The smallest absolute Gasteiger partial charge is 0.321 e. The van der Waals surface area contributed by atoms with Crippen LogP contribution in [0, 0.1) is 11.8 Å². The molecule has 2 aliphatic rings. The number of benzene rings is 2. The fraction of sp³-hybridized carbons (Fsp3) is 0.444. The maximum atomic E-state index is 13.6. The van der Waals surface area contributed by atoms with Gasteiger partial charge in [-0.15, -0.1) is 0 Å². The topological polar surface area (TPSA) is 79.0 Å². The molecule has 7 heteroatoms. The van der Waals surface area contributed by atoms with Crippen LogP contribution in [0.3, 0.4) is 0 Å². The van der Waals surface area contributed by atoms with Gasteiger partial charge in [-0.2, -0.15) is 0 Å². The van der Waals surface area contributed by atoms with Crippen molar-refractivity contribution in [2.75, 3.05) is 38.1 Å². The number of amides is 3. The highest BCUT2D eigenvalue weighted by molar-refractivity contribution is 5.90. The normalized spacial score (nSPS) is 22.7. The number of hydrogen-bond donors (Lipinski definition) is 1. The second kappa shape index (κ2) is 11.2. The van der Waals surface area contributed by atoms with Crippen molar-refractivity contribution in [3.8, 4) is 0 Å². The Morgan fingerprint density at radius 2 is 1.59 bits per heavy atom. The van der Waals surface area contributed by atoms with Gasteiger partial charge in [0.05, 0.1) is 18.4 Å². The molecule has 180 valence electrons. The number of likely N-dealkylation sites (tertiary alicyclic amines) is 2. The van der Waals surface area contributed by atoms with Crippen LogP contribution < -0.4 is 5.32 Å². The van der Waals surface area contributed by atoms with E-state index in [4.69, 9.17) is 4.74 Å². The summed E-state index contributed by atoms with van der Waals surface area (Å²) >= 11 is 0. The lowest BCUT2D eigenvalue weighted by atomic mass is 9.83. The molecule has 0 saturated carbocycles. The van der Waals surface area contributed by atoms with E-state index in [1.54, 1.807) is 16.7 Å². The molecule has 3 amide bonds. The van der Waals surface area contributed by atoms with Gasteiger partial charge in [-0.05, 0) is 43.9 Å². The number of esters is 1. The predicted molar refractivity (Wildman–Crippen MR) is 130 cm³/mol. The quantitative estimate of drug-likeness (QED) is 0.677. The van der Waals surface area contributed by atoms with E-state index in [0.29, 0.717) is 39.2 Å². The first-order chi connectivity index (χ1) is 16.5. The van der Waals surface area contributed by atoms with Crippen LogP contribution in [0.5, 0.6) is 0 Å². The van der Waals surface area contributed by atoms with Gasteiger partial charge < -0.3 is 19.9 Å². The summed E-state index contributed by atoms with van der Waals surface area (Å²) in [5.74, 6) is -0.733. The maximum Gasteiger partial charge on any atom is 0.321 e. The van der Waals surface area contributed by atoms with Crippen molar-refractivity contribution in [1.82, 2.24) is 9.80 Å². The van der Waals surface area contributed by atoms with Crippen LogP contribution in [0.2, 0.25) is 0 Å². The van der Waals surface area contributed by atoms with Gasteiger partial charge in [-0.25, -0.2) is 4.79 Å². The highest BCUT2D eigenvalue weighted by Crippen LogP contribution is 2.32. The second-order valence-corrected chi connectivity index (χ2v) is 9.12. The Morgan fingerprint density at radius 1 is 0.912 bits per heavy atom. The summed E-state index contributed by atoms with van der Waals surface area (Å²) in [7, 11) is 0. The Bertz CT molecular complexity index is 982. The monoisotopic (exact) mass is 463 g/mol. The summed E-state index contributed by atoms with van der Waals surface area (Å²) in [6.45, 7) is 4.08. The van der Waals surface area contributed by atoms with E-state index < -0.39 is 0 Å². The van der Waals surface area contributed by atoms with E-state index in [9.17, 15) is 14.4 Å². The fourth-order valence-electron chi connectivity index (χ4n) is 5.02. The van der Waals surface area contributed by atoms with Crippen molar-refractivity contribution < 1.29 is 19.1 Å². The number of carbonyl (C=O) groups excluding carboxylic acids is 3. The van der Waals surface area contributed by atoms with Crippen molar-refractivity contribution in [3.63, 3.8) is 0 Å². The summed E-state index contributed by atoms with van der Waals surface area (Å²) in [5, 5.41) is 2.96. The van der Waals surface area contributed by atoms with Crippen LogP contribution in [-0.4, -0.2) is 60.5 Å². The molecule has 2 aromatic rings. The van der Waals surface area contributed by atoms with E-state index in [2.05, 4.69) is 17.4 Å². The number of hydrogen-bond acceptors (Lipinski definition) is 4. The molecular weight excluding hydrogens is 430 g/mol. The van der Waals surface area contributed by atoms with Gasteiger partial charge in [-0.3, -0.25) is 9.59 Å². The molecular formula is C27H33N3O4. The molecule has 0 spiro atoms. The third kappa shape index (κ3) is 5.76. The zero-order valence-electron chi connectivity index (χ0n) is 19.7. The number of carbonyl (C=O) groups is 3. The first-order valence-corrected chi connectivity index (χ1v) is 12.2. The lowest BCUT2D eigenvalue weighted by Crippen LogP contribution is -2.52. The van der Waals surface area contributed by atoms with Crippen LogP contribution in [-0.2, 0) is 14.3 Å². The molecule has 0 radical (unpaired) electrons. The Morgan fingerprint density at radius 3 is 2.29 bits per heavy atom. The lowest BCUT2D eigenvalue weighted by Gasteiger charge is -2.40. The van der Waals surface area contributed by atoms with E-state index >= 15 is 0 Å². The van der Waals surface area contributed by atoms with Gasteiger partial charge in [-0.1, -0.05) is 48.5 Å². The Labute approximate surface area is 201 Å². The number of rotatable bonds is 5. The third-order valence-corrected chi connectivity index (χ3v) is 6.74. The van der Waals surface area contributed by atoms with Gasteiger partial charge >= 0.3 is 12.0 Å². The van der Waals surface area contributed by atoms with E-state index in [-0.39, 0.29) is 35.7 Å². The minimum Gasteiger partial charge on any atom is -0.466 e. The zero-order chi connectivity index (χ0) is 23.9. The second-order valence-electron chi connectivity index (χ2n) is 9.12. The fourth-order valence-corrected chi connectivity index (χ4v) is 5.02. The maximum absolute atomic E-state index is 13.6. The highest BCUT2D eigenvalue weighted by atomic mass is 16.5. The summed E-state index contributed by atoms with van der Waals surface area (Å²) < 4.78 is 5.20. The van der Waals surface area contributed by atoms with Crippen LogP contribution in [0.25, 0.3) is 0 Å². The number of urea groups is 1. The summed E-state index contributed by atoms with van der Waals surface area (Å²) in [4.78, 5) is 42.6. The average molecular weight is 464 g/mol. The molecule has 0 aliphatic carbocycles. The van der Waals surface area contributed by atoms with Gasteiger partial charge in [0.25, 0.3) is 0 Å². The largest absolute Gasteiger partial charge is 0.466 e. The molecule has 4 rings (SSSR count). The molecule has 0 bridgehead atoms. The van der Waals surface area contributed by atoms with Gasteiger partial charge in [0, 0.05) is 37.8 Å². The average Bonchev–Trinajstić information content (AvgIpc) is 2.89. The molecule has 2 aliphatic heterocycles. The Balaban J connectivity index is 1.50. The van der Waals surface area contributed by atoms with Crippen LogP contribution >= 0.6 is 0 Å². The van der Waals surface area contributed by atoms with Gasteiger partial charge in [0.15, 0.2) is 0 Å². The molecule has 2 fully saturated rings. The van der Waals surface area contributed by atoms with Crippen molar-refractivity contribution >= 4 is 23.6 Å². The molecule has 3 unspecified atom stereocenters. The number of ether oxygens (including phenoxy) is 1. The SMILES string of the molecule is CCOC(=O)C1CCCN(C(=O)C2CC(c3ccccc3)CN(C(=O)Nc3ccccc3)C2)C1. The highest BCUT2D eigenvalue weighted by Gasteiger charge is 2.38. The van der Waals surface area contributed by atoms with E-state index in [0.717, 1.165) is 24.1 Å². The van der Waals surface area contributed by atoms with Crippen molar-refractivity contribution in [2.24, 2.45) is 11.8 Å². The van der Waals surface area contributed by atoms with Crippen LogP contribution in [0.4, 0.5) is 10.5 Å². The predicted octanol–water partition coefficient (Wildman–Crippen LogP) is 4.13. The third-order valence-electron chi connectivity index (χ3n) is 6.74. The Kier molecular flexibility index (Phi) is 7.83. The summed E-state index contributed by atoms with van der Waals surface area (Å²) in [5.41, 5.74) is 1.85. The number of nitrogens with one attached hydrogen (secondary N) is 1. The molecule has 2 aromatic carbocycles. The number of nitrogens with zero attached hydrogens (tertiary/aromatic N) is 2. The minimum absolute atomic E-state index is 0.0205. The first-order valence-electron chi connectivity index (χ1n) is 12.2. The van der Waals surface area contributed by atoms with Crippen LogP contribution in [0.15, 0.2) is 60.7 Å². The minimum atomic E-state index is -0.318. The Hall–Kier alpha value is -3.35. The van der Waals surface area contributed by atoms with Gasteiger partial charge in [0.1, 0.15) is 0 Å². The number of anilines is 1. The van der Waals surface area contributed by atoms with Crippen molar-refractivity contribution in [3.05, 3.63) is 66.2 Å². The van der Waals surface area contributed by atoms with Crippen molar-refractivity contribution in [2.45, 2.75) is 32.1 Å². The molecule has 2 saturated heterocycles. The molecule has 7 nitrogen and oxygen atoms in total. The van der Waals surface area contributed by atoms with E-state index in [1.165, 1.54) is 0 Å². The van der Waals surface area contributed by atoms with Crippen molar-refractivity contribution in [1.29, 1.82) is 0 Å². The van der Waals surface area contributed by atoms with Gasteiger partial charge in [0.2, 0.25) is 5.91 Å². The molecule has 34 heavy (non-hydrogen) atoms. The number of piperidine rings is 2. The zero-order valence-corrected chi connectivity index (χ0v) is 19.7. The summed E-state index contributed by atoms with van der Waals surface area (Å²) in [6, 6.07) is 19.2. The summed E-state index contributed by atoms with van der Waals surface area (Å²) in [6.07, 6.45) is 2.20. The first kappa shape index (κ1) is 23.8. The molecule has 0 aromatic heterocycles. The lowest BCUT2D eigenvalue weighted by molar-refractivity contribution is -0.152. The standard InChI is InChI=1S/C27H33N3O4/c1-2-34-26(32)21-12-9-15-29(17-21)25(31)23-16-22(20-10-5-3-6-11-20)18-30(19-23)27(33)28-24-13-7-4-8-14-24/h3-8,10-11,13-14,21-23H,2,9,12,15-19H2,1H3,(H,28,33). The molecule has 2 heterocycles. The van der Waals surface area contributed by atoms with E-state index in [1.807, 2.05) is 48.5 Å².